The molecule has 0 atom stereocenters. The molecule has 17 heavy (non-hydrogen) atoms. The third-order valence-corrected chi connectivity index (χ3v) is 0.829. The fourth-order valence-electron chi connectivity index (χ4n) is 0.470. The molecule has 0 fully saturated rings. The van der Waals surface area contributed by atoms with Crippen molar-refractivity contribution in [2.45, 2.75) is 26.9 Å². The summed E-state index contributed by atoms with van der Waals surface area (Å²) in [7, 11) is 7.00. The molecule has 0 amide bonds. The summed E-state index contributed by atoms with van der Waals surface area (Å²) < 4.78 is 0. The second-order valence-electron chi connectivity index (χ2n) is 3.45. The molecule has 0 aliphatic carbocycles. The van der Waals surface area contributed by atoms with Crippen LogP contribution in [-0.2, 0) is 25.8 Å². The van der Waals surface area contributed by atoms with Gasteiger partial charge in [-0.2, -0.15) is 45.9 Å². The number of hydrogen-bond donors (Lipinski definition) is 1. The zero-order chi connectivity index (χ0) is 13.4. The zero-order valence-corrected chi connectivity index (χ0v) is 15.8. The minimum absolute atomic E-state index is 0. The molecule has 1 aromatic rings. The van der Waals surface area contributed by atoms with Crippen molar-refractivity contribution < 1.29 is 30.9 Å². The van der Waals surface area contributed by atoms with Gasteiger partial charge in [-0.05, 0) is 13.8 Å². The maximum absolute atomic E-state index is 8.06. The molecule has 0 aliphatic heterocycles. The summed E-state index contributed by atoms with van der Waals surface area (Å²) in [4.78, 5) is 0. The summed E-state index contributed by atoms with van der Waals surface area (Å²) in [6.45, 7) is 5.53. The molecule has 0 saturated carbocycles. The van der Waals surface area contributed by atoms with E-state index >= 15 is 0 Å². The van der Waals surface area contributed by atoms with Crippen molar-refractivity contribution in [2.24, 2.45) is 0 Å². The first-order valence-corrected chi connectivity index (χ1v) is 5.28. The van der Waals surface area contributed by atoms with Gasteiger partial charge in [0.25, 0.3) is 0 Å². The molecule has 1 aromatic carbocycles. The van der Waals surface area contributed by atoms with Crippen molar-refractivity contribution in [2.75, 3.05) is 28.2 Å². The van der Waals surface area contributed by atoms with Gasteiger partial charge in [-0.3, -0.25) is 0 Å². The van der Waals surface area contributed by atoms with Crippen LogP contribution in [0.2, 0.25) is 0 Å². The van der Waals surface area contributed by atoms with Crippen molar-refractivity contribution in [1.82, 2.24) is 0 Å². The fourth-order valence-corrected chi connectivity index (χ4v) is 0.470. The molecule has 1 N–H and O–H groups in total. The molecule has 0 aromatic heterocycles. The Morgan fingerprint density at radius 2 is 1.12 bits per heavy atom. The Bertz CT molecular complexity index is 173. The van der Waals surface area contributed by atoms with Crippen LogP contribution in [0, 0.1) is 6.92 Å². The van der Waals surface area contributed by atoms with E-state index in [1.165, 1.54) is 5.56 Å². The second kappa shape index (κ2) is 25.1. The van der Waals surface area contributed by atoms with Crippen LogP contribution in [0.5, 0.6) is 0 Å². The number of rotatable bonds is 0. The number of aliphatic hydroxyl groups excluding tert-OH is 1. The van der Waals surface area contributed by atoms with E-state index in [1.807, 2.05) is 12.1 Å². The molecule has 0 heterocycles. The summed E-state index contributed by atoms with van der Waals surface area (Å²) in [6, 6.07) is 8.24. The normalized spacial score (nSPS) is 7.35. The minimum atomic E-state index is -0.167. The van der Waals surface area contributed by atoms with Gasteiger partial charge >= 0.3 is 0 Å². The maximum Gasteiger partial charge on any atom is 0.0483 e. The van der Waals surface area contributed by atoms with Crippen LogP contribution < -0.4 is 0 Å². The minimum Gasteiger partial charge on any atom is -0.668 e. The standard InChI is InChI=1S/C6H7.C3H8O.2C2H6N.Hf/c1-6-4-2-3-5-6;1-3(2)4;2*1-3-2;/h2-5H,1H3;3-4H,1-2H3;2*1-2H3;/q-1;;2*-1;. The van der Waals surface area contributed by atoms with E-state index in [1.54, 1.807) is 42.0 Å². The molecular weight excluding hydrogens is 379 g/mol. The van der Waals surface area contributed by atoms with Gasteiger partial charge < -0.3 is 15.7 Å². The SMILES string of the molecule is CC(C)O.C[N-]C.C[N-]C.C[c-]1cccc1.[Hf]. The van der Waals surface area contributed by atoms with E-state index in [9.17, 15) is 0 Å². The Balaban J connectivity index is -0.0000000690. The first-order chi connectivity index (χ1) is 7.45. The molecule has 0 saturated heterocycles. The van der Waals surface area contributed by atoms with Gasteiger partial charge in [0.15, 0.2) is 0 Å². The van der Waals surface area contributed by atoms with Crippen LogP contribution in [-0.4, -0.2) is 39.4 Å². The van der Waals surface area contributed by atoms with Crippen LogP contribution in [0.25, 0.3) is 10.6 Å². The first-order valence-electron chi connectivity index (χ1n) is 5.28. The number of aryl methyl sites for hydroxylation is 1. The summed E-state index contributed by atoms with van der Waals surface area (Å²) in [6.07, 6.45) is -0.167. The molecule has 4 heteroatoms. The summed E-state index contributed by atoms with van der Waals surface area (Å²) in [5.41, 5.74) is 1.34. The maximum atomic E-state index is 8.06. The van der Waals surface area contributed by atoms with E-state index in [-0.39, 0.29) is 31.9 Å². The van der Waals surface area contributed by atoms with Gasteiger partial charge in [-0.15, -0.1) is 0 Å². The molecule has 102 valence electrons. The van der Waals surface area contributed by atoms with Crippen molar-refractivity contribution >= 4 is 0 Å². The molecule has 3 nitrogen and oxygen atoms in total. The number of hydrogen-bond acceptors (Lipinski definition) is 1. The Morgan fingerprint density at radius 3 is 1.18 bits per heavy atom. The number of aliphatic hydroxyl groups is 1. The molecule has 1 rings (SSSR count). The predicted octanol–water partition coefficient (Wildman–Crippen LogP) is 3.34. The largest absolute Gasteiger partial charge is 0.668 e. The van der Waals surface area contributed by atoms with E-state index in [4.69, 9.17) is 5.11 Å². The smallest absolute Gasteiger partial charge is 0.0483 e. The topological polar surface area (TPSA) is 48.4 Å². The van der Waals surface area contributed by atoms with Gasteiger partial charge in [-0.25, -0.2) is 12.1 Å². The van der Waals surface area contributed by atoms with E-state index < -0.39 is 0 Å². The Morgan fingerprint density at radius 1 is 0.941 bits per heavy atom. The summed E-state index contributed by atoms with van der Waals surface area (Å²) in [5.74, 6) is 0. The van der Waals surface area contributed by atoms with Crippen molar-refractivity contribution in [1.29, 1.82) is 0 Å². The molecule has 0 aliphatic rings. The summed E-state index contributed by atoms with van der Waals surface area (Å²) in [5, 5.41) is 15.1. The first kappa shape index (κ1) is 25.8. The number of nitrogens with zero attached hydrogens (tertiary/aromatic N) is 2. The van der Waals surface area contributed by atoms with Crippen LogP contribution in [0.15, 0.2) is 24.3 Å². The molecule has 0 radical (unpaired) electrons. The predicted molar refractivity (Wildman–Crippen MR) is 74.5 cm³/mol. The quantitative estimate of drug-likeness (QED) is 0.522. The van der Waals surface area contributed by atoms with Crippen molar-refractivity contribution in [3.8, 4) is 0 Å². The van der Waals surface area contributed by atoms with Crippen molar-refractivity contribution in [3.05, 3.63) is 40.5 Å². The van der Waals surface area contributed by atoms with Gasteiger partial charge in [-0.1, -0.05) is 6.92 Å². The Kier molecular flexibility index (Phi) is 38.1. The van der Waals surface area contributed by atoms with Crippen LogP contribution in [0.1, 0.15) is 19.4 Å². The van der Waals surface area contributed by atoms with E-state index in [0.29, 0.717) is 0 Å². The van der Waals surface area contributed by atoms with Gasteiger partial charge in [0.2, 0.25) is 0 Å². The Labute approximate surface area is 126 Å². The molecular formula is C13H27HfN2O-3. The Hall–Kier alpha value is 0.100. The average molecular weight is 406 g/mol. The van der Waals surface area contributed by atoms with Crippen LogP contribution in [0.3, 0.4) is 0 Å². The third-order valence-electron chi connectivity index (χ3n) is 0.829. The van der Waals surface area contributed by atoms with Gasteiger partial charge in [0.05, 0.1) is 0 Å². The monoisotopic (exact) mass is 407 g/mol. The van der Waals surface area contributed by atoms with Crippen LogP contribution >= 0.6 is 0 Å². The van der Waals surface area contributed by atoms with E-state index in [0.717, 1.165) is 0 Å². The summed E-state index contributed by atoms with van der Waals surface area (Å²) >= 11 is 0. The van der Waals surface area contributed by atoms with E-state index in [2.05, 4.69) is 29.7 Å². The van der Waals surface area contributed by atoms with Gasteiger partial charge in [0, 0.05) is 31.9 Å². The molecule has 0 unspecified atom stereocenters. The third kappa shape index (κ3) is 63.5. The fraction of sp³-hybridized carbons (Fsp3) is 0.615. The zero-order valence-electron chi connectivity index (χ0n) is 12.2. The molecule has 0 spiro atoms. The van der Waals surface area contributed by atoms with Gasteiger partial charge in [0.1, 0.15) is 0 Å². The van der Waals surface area contributed by atoms with Crippen molar-refractivity contribution in [3.63, 3.8) is 0 Å². The average Bonchev–Trinajstić information content (AvgIpc) is 2.57. The molecule has 0 bridgehead atoms. The second-order valence-corrected chi connectivity index (χ2v) is 3.45. The van der Waals surface area contributed by atoms with Crippen LogP contribution in [0.4, 0.5) is 0 Å².